The maximum Gasteiger partial charge on any atom is 0.240 e. The van der Waals surface area contributed by atoms with Crippen LogP contribution in [-0.4, -0.2) is 46.0 Å². The van der Waals surface area contributed by atoms with E-state index in [9.17, 15) is 12.8 Å². The third-order valence-electron chi connectivity index (χ3n) is 5.41. The minimum absolute atomic E-state index is 0.151. The molecule has 0 amide bonds. The summed E-state index contributed by atoms with van der Waals surface area (Å²) in [5.41, 5.74) is 0.583. The molecule has 1 aromatic heterocycles. The maximum atomic E-state index is 14.1. The van der Waals surface area contributed by atoms with E-state index in [0.717, 1.165) is 0 Å². The Labute approximate surface area is 186 Å². The molecule has 6 nitrogen and oxygen atoms in total. The van der Waals surface area contributed by atoms with E-state index in [1.165, 1.54) is 18.2 Å². The van der Waals surface area contributed by atoms with Gasteiger partial charge in [-0.3, -0.25) is 4.90 Å². The van der Waals surface area contributed by atoms with E-state index in [4.69, 9.17) is 16.0 Å². The van der Waals surface area contributed by atoms with Gasteiger partial charge in [-0.2, -0.15) is 0 Å². The highest BCUT2D eigenvalue weighted by atomic mass is 35.5. The average Bonchev–Trinajstić information content (AvgIpc) is 3.30. The maximum absolute atomic E-state index is 14.1. The van der Waals surface area contributed by atoms with Crippen LogP contribution in [0.15, 0.2) is 76.2 Å². The van der Waals surface area contributed by atoms with E-state index in [-0.39, 0.29) is 23.3 Å². The van der Waals surface area contributed by atoms with Gasteiger partial charge in [0, 0.05) is 37.7 Å². The summed E-state index contributed by atoms with van der Waals surface area (Å²) in [5.74, 6) is 0.437. The summed E-state index contributed by atoms with van der Waals surface area (Å²) in [4.78, 5) is 4.31. The van der Waals surface area contributed by atoms with E-state index in [1.807, 2.05) is 17.0 Å². The molecule has 0 radical (unpaired) electrons. The first-order chi connectivity index (χ1) is 14.9. The Morgan fingerprint density at radius 2 is 1.71 bits per heavy atom. The molecule has 3 aromatic rings. The van der Waals surface area contributed by atoms with Crippen molar-refractivity contribution in [1.29, 1.82) is 0 Å². The van der Waals surface area contributed by atoms with Gasteiger partial charge in [0.15, 0.2) is 0 Å². The zero-order valence-electron chi connectivity index (χ0n) is 16.7. The first kappa shape index (κ1) is 21.8. The first-order valence-electron chi connectivity index (χ1n) is 9.96. The summed E-state index contributed by atoms with van der Waals surface area (Å²) < 4.78 is 47.9. The van der Waals surface area contributed by atoms with E-state index in [1.54, 1.807) is 36.6 Å². The smallest absolute Gasteiger partial charge is 0.240 e. The van der Waals surface area contributed by atoms with E-state index in [2.05, 4.69) is 9.62 Å². The van der Waals surface area contributed by atoms with E-state index >= 15 is 0 Å². The lowest BCUT2D eigenvalue weighted by atomic mass is 10.1. The highest BCUT2D eigenvalue weighted by molar-refractivity contribution is 7.89. The highest BCUT2D eigenvalue weighted by Gasteiger charge is 2.29. The fourth-order valence-electron chi connectivity index (χ4n) is 3.76. The van der Waals surface area contributed by atoms with Crippen molar-refractivity contribution in [3.05, 3.63) is 83.5 Å². The van der Waals surface area contributed by atoms with Gasteiger partial charge in [0.2, 0.25) is 10.0 Å². The van der Waals surface area contributed by atoms with Crippen molar-refractivity contribution in [1.82, 2.24) is 9.62 Å². The van der Waals surface area contributed by atoms with Gasteiger partial charge in [0.1, 0.15) is 11.6 Å². The highest BCUT2D eigenvalue weighted by Crippen LogP contribution is 2.26. The molecule has 164 valence electrons. The number of sulfonamides is 1. The molecule has 1 N–H and O–H groups in total. The molecule has 1 saturated heterocycles. The van der Waals surface area contributed by atoms with Gasteiger partial charge < -0.3 is 9.32 Å². The molecule has 0 unspecified atom stereocenters. The number of rotatable bonds is 7. The van der Waals surface area contributed by atoms with Crippen LogP contribution in [0.1, 0.15) is 11.8 Å². The number of anilines is 1. The lowest BCUT2D eigenvalue weighted by Gasteiger charge is -2.39. The van der Waals surface area contributed by atoms with Crippen LogP contribution >= 0.6 is 11.6 Å². The second kappa shape index (κ2) is 9.40. The van der Waals surface area contributed by atoms with E-state index < -0.39 is 10.0 Å². The molecule has 2 heterocycles. The zero-order valence-corrected chi connectivity index (χ0v) is 18.3. The Balaban J connectivity index is 1.46. The Morgan fingerprint density at radius 1 is 1.00 bits per heavy atom. The second-order valence-corrected chi connectivity index (χ2v) is 9.51. The molecule has 0 aliphatic carbocycles. The minimum atomic E-state index is -3.70. The number of para-hydroxylation sites is 1. The third kappa shape index (κ3) is 5.10. The molecule has 1 aliphatic rings. The van der Waals surface area contributed by atoms with Gasteiger partial charge in [-0.1, -0.05) is 23.7 Å². The quantitative estimate of drug-likeness (QED) is 0.575. The van der Waals surface area contributed by atoms with Gasteiger partial charge in [-0.15, -0.1) is 0 Å². The van der Waals surface area contributed by atoms with Gasteiger partial charge in [-0.25, -0.2) is 17.5 Å². The number of halogens is 2. The van der Waals surface area contributed by atoms with Crippen LogP contribution in [0, 0.1) is 5.82 Å². The molecule has 1 fully saturated rings. The number of hydrogen-bond donors (Lipinski definition) is 1. The zero-order chi connectivity index (χ0) is 21.8. The van der Waals surface area contributed by atoms with Gasteiger partial charge in [0.25, 0.3) is 0 Å². The Morgan fingerprint density at radius 3 is 2.35 bits per heavy atom. The van der Waals surface area contributed by atoms with Crippen LogP contribution in [0.3, 0.4) is 0 Å². The fraction of sp³-hybridized carbons (Fsp3) is 0.273. The molecule has 0 bridgehead atoms. The number of nitrogens with zero attached hydrogens (tertiary/aromatic N) is 2. The molecule has 0 spiro atoms. The molecule has 4 rings (SSSR count). The Kier molecular flexibility index (Phi) is 6.62. The van der Waals surface area contributed by atoms with Crippen LogP contribution in [0.5, 0.6) is 0 Å². The summed E-state index contributed by atoms with van der Waals surface area (Å²) in [6.45, 7) is 2.69. The molecular formula is C22H23ClFN3O3S. The van der Waals surface area contributed by atoms with Crippen molar-refractivity contribution in [2.24, 2.45) is 0 Å². The summed E-state index contributed by atoms with van der Waals surface area (Å²) >= 11 is 5.86. The Bertz CT molecular complexity index is 1100. The number of hydrogen-bond acceptors (Lipinski definition) is 5. The molecule has 9 heteroatoms. The summed E-state index contributed by atoms with van der Waals surface area (Å²) in [6.07, 6.45) is 1.58. The molecule has 2 aromatic carbocycles. The van der Waals surface area contributed by atoms with E-state index in [0.29, 0.717) is 42.6 Å². The van der Waals surface area contributed by atoms with Gasteiger partial charge in [-0.05, 0) is 48.5 Å². The molecule has 1 atom stereocenters. The Hall–Kier alpha value is -2.39. The van der Waals surface area contributed by atoms with Crippen LogP contribution in [0.25, 0.3) is 0 Å². The standard InChI is InChI=1S/C22H23ClFN3O3S/c23-17-7-9-18(10-8-17)31(28,29)25-16-21(22-6-3-15-30-22)27-13-11-26(12-14-27)20-5-2-1-4-19(20)24/h1-10,15,21,25H,11-14,16H2/t21-/m0/s1. The average molecular weight is 464 g/mol. The van der Waals surface area contributed by atoms with Gasteiger partial charge >= 0.3 is 0 Å². The molecule has 31 heavy (non-hydrogen) atoms. The lowest BCUT2D eigenvalue weighted by molar-refractivity contribution is 0.166. The predicted octanol–water partition coefficient (Wildman–Crippen LogP) is 3.91. The van der Waals surface area contributed by atoms with Gasteiger partial charge in [0.05, 0.1) is 22.9 Å². The first-order valence-corrected chi connectivity index (χ1v) is 11.8. The second-order valence-electron chi connectivity index (χ2n) is 7.31. The topological polar surface area (TPSA) is 65.8 Å². The van der Waals surface area contributed by atoms with Crippen molar-refractivity contribution < 1.29 is 17.2 Å². The summed E-state index contributed by atoms with van der Waals surface area (Å²) in [7, 11) is -3.70. The SMILES string of the molecule is O=S(=O)(NC[C@@H](c1ccco1)N1CCN(c2ccccc2F)CC1)c1ccc(Cl)cc1. The monoisotopic (exact) mass is 463 g/mol. The predicted molar refractivity (Wildman–Crippen MR) is 118 cm³/mol. The molecular weight excluding hydrogens is 441 g/mol. The van der Waals surface area contributed by atoms with Crippen LogP contribution < -0.4 is 9.62 Å². The summed E-state index contributed by atoms with van der Waals surface area (Å²) in [5, 5.41) is 0.472. The number of nitrogens with one attached hydrogen (secondary N) is 1. The van der Waals surface area contributed by atoms with Crippen molar-refractivity contribution >= 4 is 27.3 Å². The largest absolute Gasteiger partial charge is 0.468 e. The third-order valence-corrected chi connectivity index (χ3v) is 7.10. The summed E-state index contributed by atoms with van der Waals surface area (Å²) in [6, 6.07) is 16.1. The van der Waals surface area contributed by atoms with Crippen molar-refractivity contribution in [2.75, 3.05) is 37.6 Å². The number of piperazine rings is 1. The molecule has 0 saturated carbocycles. The van der Waals surface area contributed by atoms with Crippen molar-refractivity contribution in [3.8, 4) is 0 Å². The van der Waals surface area contributed by atoms with Crippen molar-refractivity contribution in [2.45, 2.75) is 10.9 Å². The molecule has 1 aliphatic heterocycles. The fourth-order valence-corrected chi connectivity index (χ4v) is 4.92. The minimum Gasteiger partial charge on any atom is -0.468 e. The lowest BCUT2D eigenvalue weighted by Crippen LogP contribution is -2.50. The van der Waals surface area contributed by atoms with Crippen molar-refractivity contribution in [3.63, 3.8) is 0 Å². The van der Waals surface area contributed by atoms with Crippen LogP contribution in [0.2, 0.25) is 5.02 Å². The van der Waals surface area contributed by atoms with Crippen LogP contribution in [-0.2, 0) is 10.0 Å². The van der Waals surface area contributed by atoms with Crippen LogP contribution in [0.4, 0.5) is 10.1 Å². The normalized spacial score (nSPS) is 16.4. The number of furan rings is 1. The number of benzene rings is 2.